The first-order chi connectivity index (χ1) is 11.9. The van der Waals surface area contributed by atoms with Gasteiger partial charge in [-0.2, -0.15) is 0 Å². The minimum absolute atomic E-state index is 0.480. The predicted octanol–water partition coefficient (Wildman–Crippen LogP) is 1.84. The molecule has 2 aromatic carbocycles. The number of nitrogens with zero attached hydrogens (tertiary/aromatic N) is 2. The largest absolute Gasteiger partial charge is 0.493 e. The Balaban J connectivity index is 0.000000550. The molecule has 0 aliphatic carbocycles. The average molecular weight is 346 g/mol. The second-order valence-electron chi connectivity index (χ2n) is 5.41. The van der Waals surface area contributed by atoms with Gasteiger partial charge < -0.3 is 14.5 Å². The summed E-state index contributed by atoms with van der Waals surface area (Å²) >= 11 is 0. The van der Waals surface area contributed by atoms with Gasteiger partial charge >= 0.3 is 0 Å². The van der Waals surface area contributed by atoms with E-state index in [9.17, 15) is 4.79 Å². The second kappa shape index (κ2) is 10.2. The molecule has 0 unspecified atom stereocenters. The maximum absolute atomic E-state index is 9.31. The molecular weight excluding hydrogens is 320 g/mol. The van der Waals surface area contributed by atoms with Crippen molar-refractivity contribution in [1.29, 1.82) is 0 Å². The first-order valence-electron chi connectivity index (χ1n) is 7.66. The number of benzene rings is 2. The van der Waals surface area contributed by atoms with Gasteiger partial charge in [0.1, 0.15) is 6.61 Å². The van der Waals surface area contributed by atoms with E-state index in [1.165, 1.54) is 17.6 Å². The van der Waals surface area contributed by atoms with Crippen LogP contribution in [-0.4, -0.2) is 32.6 Å². The van der Waals surface area contributed by atoms with E-state index in [-0.39, 0.29) is 0 Å². The molecule has 0 aliphatic heterocycles. The van der Waals surface area contributed by atoms with Gasteiger partial charge in [0, 0.05) is 14.1 Å². The Morgan fingerprint density at radius 2 is 1.72 bits per heavy atom. The van der Waals surface area contributed by atoms with Crippen LogP contribution in [0.25, 0.3) is 0 Å². The fourth-order valence-electron chi connectivity index (χ4n) is 2.01. The van der Waals surface area contributed by atoms with E-state index in [1.54, 1.807) is 14.2 Å². The van der Waals surface area contributed by atoms with Crippen molar-refractivity contribution < 1.29 is 14.3 Å². The van der Waals surface area contributed by atoms with Crippen molar-refractivity contribution >= 4 is 12.1 Å². The Bertz CT molecular complexity index is 675. The number of carbonyl (C=O) groups excluding carboxylic acids is 1. The monoisotopic (exact) mass is 346 g/mol. The summed E-state index contributed by atoms with van der Waals surface area (Å²) in [5.74, 6) is 11.9. The molecule has 7 nitrogen and oxygen atoms in total. The van der Waals surface area contributed by atoms with Gasteiger partial charge in [-0.3, -0.25) is 9.80 Å². The van der Waals surface area contributed by atoms with Gasteiger partial charge in [0.25, 0.3) is 0 Å². The predicted molar refractivity (Wildman–Crippen MR) is 99.1 cm³/mol. The summed E-state index contributed by atoms with van der Waals surface area (Å²) in [5.41, 5.74) is 3.13. The zero-order chi connectivity index (χ0) is 18.8. The van der Waals surface area contributed by atoms with Gasteiger partial charge in [-0.25, -0.2) is 11.7 Å². The third kappa shape index (κ3) is 6.33. The van der Waals surface area contributed by atoms with Crippen LogP contribution < -0.4 is 26.2 Å². The van der Waals surface area contributed by atoms with Crippen LogP contribution in [-0.2, 0) is 11.4 Å². The number of amides is 1. The molecule has 25 heavy (non-hydrogen) atoms. The number of ether oxygens (including phenoxy) is 2. The number of para-hydroxylation sites is 1. The van der Waals surface area contributed by atoms with Crippen molar-refractivity contribution in [2.24, 2.45) is 11.7 Å². The summed E-state index contributed by atoms with van der Waals surface area (Å²) in [6.45, 7) is 2.55. The van der Waals surface area contributed by atoms with E-state index in [1.807, 2.05) is 30.3 Å². The fourth-order valence-corrected chi connectivity index (χ4v) is 2.01. The molecule has 0 fully saturated rings. The lowest BCUT2D eigenvalue weighted by Crippen LogP contribution is -2.25. The Hall–Kier alpha value is -2.77. The molecule has 0 saturated heterocycles. The highest BCUT2D eigenvalue weighted by Crippen LogP contribution is 2.36. The summed E-state index contributed by atoms with van der Waals surface area (Å²) in [5, 5.41) is 2.47. The number of carbonyl (C=O) groups is 1. The lowest BCUT2D eigenvalue weighted by Gasteiger charge is -2.20. The molecule has 0 spiro atoms. The highest BCUT2D eigenvalue weighted by molar-refractivity contribution is 5.63. The van der Waals surface area contributed by atoms with Crippen molar-refractivity contribution in [2.75, 3.05) is 26.2 Å². The first kappa shape index (κ1) is 20.3. The van der Waals surface area contributed by atoms with Crippen LogP contribution in [0.1, 0.15) is 11.1 Å². The van der Waals surface area contributed by atoms with Gasteiger partial charge in [0.15, 0.2) is 11.5 Å². The molecule has 1 amide bonds. The molecule has 0 saturated carbocycles. The Morgan fingerprint density at radius 1 is 1.08 bits per heavy atom. The Labute approximate surface area is 148 Å². The van der Waals surface area contributed by atoms with Crippen molar-refractivity contribution in [3.8, 4) is 11.5 Å². The molecular formula is C18H26N4O3. The molecule has 0 bridgehead atoms. The number of anilines is 1. The zero-order valence-corrected chi connectivity index (χ0v) is 15.1. The van der Waals surface area contributed by atoms with E-state index < -0.39 is 0 Å². The SMILES string of the molecule is CN(N)C=O.COc1cccc(N(C)N)c1OCc1ccccc1C. The average Bonchev–Trinajstić information content (AvgIpc) is 2.61. The number of nitrogens with two attached hydrogens (primary N) is 2. The van der Waals surface area contributed by atoms with Crippen LogP contribution in [0.4, 0.5) is 5.69 Å². The maximum atomic E-state index is 9.31. The third-order valence-electron chi connectivity index (χ3n) is 3.36. The zero-order valence-electron chi connectivity index (χ0n) is 15.1. The van der Waals surface area contributed by atoms with Gasteiger partial charge in [-0.05, 0) is 30.2 Å². The highest BCUT2D eigenvalue weighted by Gasteiger charge is 2.13. The molecule has 7 heteroatoms. The Morgan fingerprint density at radius 3 is 2.24 bits per heavy atom. The minimum atomic E-state index is 0.480. The molecule has 0 radical (unpaired) electrons. The van der Waals surface area contributed by atoms with Gasteiger partial charge in [-0.1, -0.05) is 30.3 Å². The number of rotatable bonds is 6. The fraction of sp³-hybridized carbons (Fsp3) is 0.278. The van der Waals surface area contributed by atoms with E-state index in [2.05, 4.69) is 19.1 Å². The summed E-state index contributed by atoms with van der Waals surface area (Å²) in [7, 11) is 4.86. The van der Waals surface area contributed by atoms with E-state index >= 15 is 0 Å². The molecule has 0 heterocycles. The molecule has 0 aliphatic rings. The standard InChI is InChI=1S/C16H20N2O2.C2H6N2O/c1-12-7-4-5-8-13(12)11-20-16-14(18(2)17)9-6-10-15(16)19-3;1-4(3)2-5/h4-10H,11,17H2,1-3H3;2H,3H2,1H3. The van der Waals surface area contributed by atoms with Crippen LogP contribution in [0.2, 0.25) is 0 Å². The highest BCUT2D eigenvalue weighted by atomic mass is 16.5. The van der Waals surface area contributed by atoms with Crippen molar-refractivity contribution in [2.45, 2.75) is 13.5 Å². The maximum Gasteiger partial charge on any atom is 0.223 e. The van der Waals surface area contributed by atoms with Gasteiger partial charge in [0.2, 0.25) is 6.41 Å². The minimum Gasteiger partial charge on any atom is -0.493 e. The third-order valence-corrected chi connectivity index (χ3v) is 3.36. The van der Waals surface area contributed by atoms with E-state index in [4.69, 9.17) is 21.2 Å². The summed E-state index contributed by atoms with van der Waals surface area (Å²) < 4.78 is 11.3. The van der Waals surface area contributed by atoms with Crippen molar-refractivity contribution in [1.82, 2.24) is 5.01 Å². The topological polar surface area (TPSA) is 94.1 Å². The van der Waals surface area contributed by atoms with Crippen LogP contribution in [0.15, 0.2) is 42.5 Å². The first-order valence-corrected chi connectivity index (χ1v) is 7.66. The van der Waals surface area contributed by atoms with Crippen LogP contribution in [0.5, 0.6) is 11.5 Å². The summed E-state index contributed by atoms with van der Waals surface area (Å²) in [6, 6.07) is 13.8. The number of hydrogen-bond acceptors (Lipinski definition) is 6. The molecule has 2 aromatic rings. The lowest BCUT2D eigenvalue weighted by atomic mass is 10.1. The van der Waals surface area contributed by atoms with Crippen molar-refractivity contribution in [3.05, 3.63) is 53.6 Å². The number of methoxy groups -OCH3 is 1. The van der Waals surface area contributed by atoms with Crippen LogP contribution >= 0.6 is 0 Å². The molecule has 0 aromatic heterocycles. The molecule has 136 valence electrons. The molecule has 4 N–H and O–H groups in total. The smallest absolute Gasteiger partial charge is 0.223 e. The van der Waals surface area contributed by atoms with E-state index in [0.29, 0.717) is 24.5 Å². The lowest BCUT2D eigenvalue weighted by molar-refractivity contribution is -0.117. The van der Waals surface area contributed by atoms with Crippen LogP contribution in [0.3, 0.4) is 0 Å². The number of hydrogen-bond donors (Lipinski definition) is 2. The molecule has 2 rings (SSSR count). The number of hydrazine groups is 2. The van der Waals surface area contributed by atoms with Gasteiger partial charge in [-0.15, -0.1) is 0 Å². The summed E-state index contributed by atoms with van der Waals surface area (Å²) in [4.78, 5) is 9.31. The quantitative estimate of drug-likeness (QED) is 0.359. The molecule has 0 atom stereocenters. The normalized spacial score (nSPS) is 9.52. The Kier molecular flexibility index (Phi) is 8.25. The number of aryl methyl sites for hydroxylation is 1. The van der Waals surface area contributed by atoms with Crippen LogP contribution in [0, 0.1) is 6.92 Å². The van der Waals surface area contributed by atoms with Gasteiger partial charge in [0.05, 0.1) is 12.8 Å². The second-order valence-corrected chi connectivity index (χ2v) is 5.41. The van der Waals surface area contributed by atoms with E-state index in [0.717, 1.165) is 16.3 Å². The van der Waals surface area contributed by atoms with Crippen molar-refractivity contribution in [3.63, 3.8) is 0 Å². The summed E-state index contributed by atoms with van der Waals surface area (Å²) in [6.07, 6.45) is 0.528.